The summed E-state index contributed by atoms with van der Waals surface area (Å²) in [6.45, 7) is 0.776. The van der Waals surface area contributed by atoms with E-state index in [-0.39, 0.29) is 42.0 Å². The molecule has 2 aromatic carbocycles. The van der Waals surface area contributed by atoms with Gasteiger partial charge >= 0.3 is 0 Å². The van der Waals surface area contributed by atoms with Crippen molar-refractivity contribution >= 4 is 11.8 Å². The van der Waals surface area contributed by atoms with E-state index in [1.54, 1.807) is 24.3 Å². The van der Waals surface area contributed by atoms with Gasteiger partial charge in [0.25, 0.3) is 5.91 Å². The quantitative estimate of drug-likeness (QED) is 0.766. The second-order valence-corrected chi connectivity index (χ2v) is 8.00. The van der Waals surface area contributed by atoms with E-state index in [1.807, 2.05) is 30.3 Å². The first-order valence-electron chi connectivity index (χ1n) is 10.3. The summed E-state index contributed by atoms with van der Waals surface area (Å²) in [5.41, 5.74) is 0.537. The first-order valence-corrected chi connectivity index (χ1v) is 10.3. The molecule has 3 aliphatic rings. The van der Waals surface area contributed by atoms with Crippen LogP contribution in [-0.2, 0) is 14.3 Å². The van der Waals surface area contributed by atoms with Crippen molar-refractivity contribution in [3.63, 3.8) is 0 Å². The van der Waals surface area contributed by atoms with Gasteiger partial charge in [0.05, 0.1) is 25.3 Å². The lowest BCUT2D eigenvalue weighted by Crippen LogP contribution is -2.47. The van der Waals surface area contributed by atoms with Gasteiger partial charge in [0.1, 0.15) is 23.7 Å². The number of hydrogen-bond acceptors (Lipinski definition) is 5. The predicted octanol–water partition coefficient (Wildman–Crippen LogP) is 2.27. The predicted molar refractivity (Wildman–Crippen MR) is 108 cm³/mol. The fourth-order valence-electron chi connectivity index (χ4n) is 3.94. The number of ether oxygens (including phenoxy) is 3. The van der Waals surface area contributed by atoms with Gasteiger partial charge in [0.2, 0.25) is 5.91 Å². The molecule has 0 spiro atoms. The Balaban J connectivity index is 1.16. The Morgan fingerprint density at radius 1 is 0.800 bits per heavy atom. The van der Waals surface area contributed by atoms with E-state index < -0.39 is 0 Å². The topological polar surface area (TPSA) is 85.9 Å². The Bertz CT molecular complexity index is 913. The van der Waals surface area contributed by atoms with Gasteiger partial charge in [0.15, 0.2) is 0 Å². The zero-order chi connectivity index (χ0) is 20.5. The molecule has 4 unspecified atom stereocenters. The van der Waals surface area contributed by atoms with E-state index >= 15 is 0 Å². The molecule has 2 aliphatic heterocycles. The third-order valence-electron chi connectivity index (χ3n) is 5.74. The summed E-state index contributed by atoms with van der Waals surface area (Å²) in [5, 5.41) is 6.03. The molecule has 0 radical (unpaired) electrons. The zero-order valence-corrected chi connectivity index (χ0v) is 16.5. The number of rotatable bonds is 6. The highest BCUT2D eigenvalue weighted by Crippen LogP contribution is 2.31. The summed E-state index contributed by atoms with van der Waals surface area (Å²) in [6.07, 6.45) is 1.45. The summed E-state index contributed by atoms with van der Waals surface area (Å²) < 4.78 is 17.5. The van der Waals surface area contributed by atoms with Crippen molar-refractivity contribution in [2.24, 2.45) is 5.92 Å². The number of carbonyl (C=O) groups excluding carboxylic acids is 2. The lowest BCUT2D eigenvalue weighted by Gasteiger charge is -2.18. The van der Waals surface area contributed by atoms with Gasteiger partial charge in [0, 0.05) is 11.5 Å². The summed E-state index contributed by atoms with van der Waals surface area (Å²) in [7, 11) is 0. The summed E-state index contributed by atoms with van der Waals surface area (Å²) in [4.78, 5) is 24.7. The normalized spacial score (nSPS) is 27.3. The Hall–Kier alpha value is -2.90. The molecule has 30 heavy (non-hydrogen) atoms. The van der Waals surface area contributed by atoms with E-state index in [0.29, 0.717) is 24.5 Å². The third-order valence-corrected chi connectivity index (χ3v) is 5.74. The lowest BCUT2D eigenvalue weighted by molar-refractivity contribution is -0.123. The number of nitrogens with one attached hydrogen (secondary N) is 2. The fourth-order valence-corrected chi connectivity index (χ4v) is 3.94. The highest BCUT2D eigenvalue weighted by Gasteiger charge is 2.49. The summed E-state index contributed by atoms with van der Waals surface area (Å²) in [6, 6.07) is 16.1. The first-order chi connectivity index (χ1) is 14.7. The van der Waals surface area contributed by atoms with Crippen molar-refractivity contribution in [2.75, 3.05) is 13.2 Å². The summed E-state index contributed by atoms with van der Waals surface area (Å²) in [5.74, 6) is 1.44. The molecule has 156 valence electrons. The Morgan fingerprint density at radius 2 is 1.40 bits per heavy atom. The summed E-state index contributed by atoms with van der Waals surface area (Å²) >= 11 is 0. The van der Waals surface area contributed by atoms with Crippen LogP contribution in [0.25, 0.3) is 0 Å². The van der Waals surface area contributed by atoms with E-state index in [4.69, 9.17) is 14.2 Å². The molecule has 2 heterocycles. The molecule has 2 N–H and O–H groups in total. The van der Waals surface area contributed by atoms with Gasteiger partial charge in [-0.3, -0.25) is 9.59 Å². The molecule has 0 aromatic heterocycles. The highest BCUT2D eigenvalue weighted by atomic mass is 16.6. The van der Waals surface area contributed by atoms with Crippen molar-refractivity contribution < 1.29 is 23.8 Å². The van der Waals surface area contributed by atoms with Crippen LogP contribution in [0.3, 0.4) is 0 Å². The van der Waals surface area contributed by atoms with Crippen molar-refractivity contribution in [3.05, 3.63) is 60.2 Å². The molecule has 1 aliphatic carbocycles. The average molecular weight is 408 g/mol. The maximum Gasteiger partial charge on any atom is 0.251 e. The molecular weight excluding hydrogens is 384 g/mol. The fraction of sp³-hybridized carbons (Fsp3) is 0.391. The van der Waals surface area contributed by atoms with Gasteiger partial charge in [-0.05, 0) is 49.2 Å². The molecule has 0 bridgehead atoms. The number of hydrogen-bond donors (Lipinski definition) is 2. The van der Waals surface area contributed by atoms with Gasteiger partial charge in [-0.2, -0.15) is 0 Å². The van der Waals surface area contributed by atoms with Crippen LogP contribution in [-0.4, -0.2) is 49.3 Å². The maximum atomic E-state index is 12.7. The van der Waals surface area contributed by atoms with E-state index in [0.717, 1.165) is 18.6 Å². The van der Waals surface area contributed by atoms with Crippen LogP contribution in [0.15, 0.2) is 54.6 Å². The van der Waals surface area contributed by atoms with Crippen LogP contribution in [0.1, 0.15) is 23.2 Å². The molecule has 2 amide bonds. The van der Waals surface area contributed by atoms with Crippen LogP contribution in [0.5, 0.6) is 11.5 Å². The van der Waals surface area contributed by atoms with Crippen LogP contribution in [0.4, 0.5) is 0 Å². The smallest absolute Gasteiger partial charge is 0.251 e. The van der Waals surface area contributed by atoms with Crippen LogP contribution >= 0.6 is 0 Å². The molecule has 3 fully saturated rings. The molecule has 4 atom stereocenters. The number of amides is 2. The van der Waals surface area contributed by atoms with Gasteiger partial charge in [-0.1, -0.05) is 18.2 Å². The number of fused-ring (bicyclic) bond motifs is 1. The zero-order valence-electron chi connectivity index (χ0n) is 16.5. The van der Waals surface area contributed by atoms with Gasteiger partial charge < -0.3 is 24.8 Å². The van der Waals surface area contributed by atoms with Crippen LogP contribution in [0, 0.1) is 5.92 Å². The Morgan fingerprint density at radius 3 is 2.03 bits per heavy atom. The third kappa shape index (κ3) is 4.04. The maximum absolute atomic E-state index is 12.7. The minimum absolute atomic E-state index is 0.0816. The van der Waals surface area contributed by atoms with Gasteiger partial charge in [-0.25, -0.2) is 0 Å². The lowest BCUT2D eigenvalue weighted by atomic mass is 10.1. The second-order valence-electron chi connectivity index (χ2n) is 8.00. The number of para-hydroxylation sites is 1. The Labute approximate surface area is 174 Å². The standard InChI is InChI=1S/C23H24N2O5/c26-22(14-6-7-14)24-18-12-28-21-19(13-29-20(18)21)25-23(27)15-8-10-17(11-9-15)30-16-4-2-1-3-5-16/h1-5,8-11,14,18-21H,6-7,12-13H2,(H,24,26)(H,25,27). The number of carbonyl (C=O) groups is 2. The Kier molecular flexibility index (Phi) is 5.14. The minimum Gasteiger partial charge on any atom is -0.457 e. The molecule has 5 rings (SSSR count). The largest absolute Gasteiger partial charge is 0.457 e. The van der Waals surface area contributed by atoms with E-state index in [1.165, 1.54) is 0 Å². The van der Waals surface area contributed by atoms with Crippen molar-refractivity contribution in [1.82, 2.24) is 10.6 Å². The van der Waals surface area contributed by atoms with E-state index in [2.05, 4.69) is 10.6 Å². The van der Waals surface area contributed by atoms with Crippen molar-refractivity contribution in [1.29, 1.82) is 0 Å². The van der Waals surface area contributed by atoms with Crippen LogP contribution in [0.2, 0.25) is 0 Å². The average Bonchev–Trinajstić information content (AvgIpc) is 3.44. The molecule has 7 nitrogen and oxygen atoms in total. The highest BCUT2D eigenvalue weighted by molar-refractivity contribution is 5.94. The second kappa shape index (κ2) is 8.08. The minimum atomic E-state index is -0.251. The monoisotopic (exact) mass is 408 g/mol. The number of benzene rings is 2. The van der Waals surface area contributed by atoms with E-state index in [9.17, 15) is 9.59 Å². The van der Waals surface area contributed by atoms with Crippen molar-refractivity contribution in [2.45, 2.75) is 37.1 Å². The van der Waals surface area contributed by atoms with Crippen LogP contribution < -0.4 is 15.4 Å². The first kappa shape index (κ1) is 19.1. The molecular formula is C23H24N2O5. The van der Waals surface area contributed by atoms with Crippen molar-refractivity contribution in [3.8, 4) is 11.5 Å². The molecule has 2 saturated heterocycles. The molecule has 7 heteroatoms. The SMILES string of the molecule is O=C(NC1COC2C(NC(=O)C3CC3)COC12)c1ccc(Oc2ccccc2)cc1. The molecule has 2 aromatic rings. The molecule has 1 saturated carbocycles. The van der Waals surface area contributed by atoms with Gasteiger partial charge in [-0.15, -0.1) is 0 Å².